The predicted molar refractivity (Wildman–Crippen MR) is 75.1 cm³/mol. The molecule has 0 saturated carbocycles. The molecule has 0 fully saturated rings. The van der Waals surface area contributed by atoms with Crippen molar-refractivity contribution in [2.75, 3.05) is 5.32 Å². The summed E-state index contributed by atoms with van der Waals surface area (Å²) >= 11 is 7.08. The molecule has 1 N–H and O–H groups in total. The normalized spacial score (nSPS) is 12.2. The quantitative estimate of drug-likeness (QED) is 0.873. The molecule has 1 amide bonds. The Kier molecular flexibility index (Phi) is 4.50. The Morgan fingerprint density at radius 2 is 2.16 bits per heavy atom. The molecule has 1 atom stereocenters. The third-order valence-corrected chi connectivity index (χ3v) is 3.93. The van der Waals surface area contributed by atoms with Gasteiger partial charge in [0.1, 0.15) is 10.8 Å². The van der Waals surface area contributed by atoms with Crippen molar-refractivity contribution in [1.82, 2.24) is 4.98 Å². The Balaban J connectivity index is 2.04. The first-order valence-corrected chi connectivity index (χ1v) is 7.08. The first-order chi connectivity index (χ1) is 9.10. The summed E-state index contributed by atoms with van der Waals surface area (Å²) in [7, 11) is 0. The molecule has 1 aromatic heterocycles. The molecule has 0 aliphatic heterocycles. The average Bonchev–Trinajstić information content (AvgIpc) is 2.89. The van der Waals surface area contributed by atoms with Gasteiger partial charge in [-0.25, -0.2) is 9.37 Å². The van der Waals surface area contributed by atoms with Crippen molar-refractivity contribution < 1.29 is 9.18 Å². The van der Waals surface area contributed by atoms with Crippen molar-refractivity contribution in [1.29, 1.82) is 0 Å². The lowest BCUT2D eigenvalue weighted by Gasteiger charge is -2.09. The van der Waals surface area contributed by atoms with Crippen molar-refractivity contribution >= 4 is 34.5 Å². The Morgan fingerprint density at radius 1 is 1.47 bits per heavy atom. The Hall–Kier alpha value is -1.46. The molecule has 2 rings (SSSR count). The first kappa shape index (κ1) is 14.0. The van der Waals surface area contributed by atoms with Crippen molar-refractivity contribution in [2.45, 2.75) is 18.7 Å². The fraction of sp³-hybridized carbons (Fsp3) is 0.231. The number of nitrogens with zero attached hydrogens (tertiary/aromatic N) is 1. The molecule has 1 unspecified atom stereocenters. The second-order valence-corrected chi connectivity index (χ2v) is 5.19. The maximum absolute atomic E-state index is 12.8. The van der Waals surface area contributed by atoms with E-state index in [9.17, 15) is 9.18 Å². The zero-order chi connectivity index (χ0) is 13.8. The van der Waals surface area contributed by atoms with Gasteiger partial charge in [-0.2, -0.15) is 0 Å². The van der Waals surface area contributed by atoms with Crippen LogP contribution < -0.4 is 5.32 Å². The first-order valence-electron chi connectivity index (χ1n) is 5.67. The van der Waals surface area contributed by atoms with E-state index in [0.29, 0.717) is 11.6 Å². The molecule has 1 aromatic carbocycles. The summed E-state index contributed by atoms with van der Waals surface area (Å²) in [5, 5.41) is 5.28. The number of benzene rings is 1. The van der Waals surface area contributed by atoms with Crippen LogP contribution in [-0.2, 0) is 10.7 Å². The summed E-state index contributed by atoms with van der Waals surface area (Å²) in [6.07, 6.45) is 0. The standard InChI is InChI=1S/C13H12ClFN2OS/c1-8(13-17-11(6-14)7-19-13)12(18)16-10-4-2-9(15)3-5-10/h2-5,7-8H,6H2,1H3,(H,16,18). The van der Waals surface area contributed by atoms with E-state index in [4.69, 9.17) is 11.6 Å². The van der Waals surface area contributed by atoms with Gasteiger partial charge in [-0.3, -0.25) is 4.79 Å². The molecule has 0 spiro atoms. The number of carbonyl (C=O) groups excluding carboxylic acids is 1. The summed E-state index contributed by atoms with van der Waals surface area (Å²) in [5.41, 5.74) is 1.33. The molecule has 0 aliphatic carbocycles. The highest BCUT2D eigenvalue weighted by atomic mass is 35.5. The number of anilines is 1. The second-order valence-electron chi connectivity index (χ2n) is 4.03. The maximum atomic E-state index is 12.8. The molecule has 0 saturated heterocycles. The molecule has 1 heterocycles. The van der Waals surface area contributed by atoms with E-state index >= 15 is 0 Å². The Labute approximate surface area is 119 Å². The van der Waals surface area contributed by atoms with Gasteiger partial charge < -0.3 is 5.32 Å². The van der Waals surface area contributed by atoms with Crippen LogP contribution in [0.15, 0.2) is 29.6 Å². The number of rotatable bonds is 4. The zero-order valence-electron chi connectivity index (χ0n) is 10.2. The van der Waals surface area contributed by atoms with Gasteiger partial charge in [0.2, 0.25) is 5.91 Å². The number of halogens is 2. The number of alkyl halides is 1. The summed E-state index contributed by atoms with van der Waals surface area (Å²) in [6, 6.07) is 5.64. The van der Waals surface area contributed by atoms with Crippen molar-refractivity contribution in [3.63, 3.8) is 0 Å². The van der Waals surface area contributed by atoms with Crippen LogP contribution in [-0.4, -0.2) is 10.9 Å². The predicted octanol–water partition coefficient (Wildman–Crippen LogP) is 3.76. The summed E-state index contributed by atoms with van der Waals surface area (Å²) in [6.45, 7) is 1.77. The third-order valence-electron chi connectivity index (χ3n) is 2.58. The number of hydrogen-bond donors (Lipinski definition) is 1. The van der Waals surface area contributed by atoms with Crippen LogP contribution in [0, 0.1) is 5.82 Å². The van der Waals surface area contributed by atoms with Gasteiger partial charge in [-0.15, -0.1) is 22.9 Å². The van der Waals surface area contributed by atoms with Crippen LogP contribution in [0.1, 0.15) is 23.5 Å². The molecule has 100 valence electrons. The van der Waals surface area contributed by atoms with Crippen molar-refractivity contribution in [3.05, 3.63) is 46.2 Å². The minimum atomic E-state index is -0.369. The van der Waals surface area contributed by atoms with E-state index in [1.807, 2.05) is 5.38 Å². The van der Waals surface area contributed by atoms with Gasteiger partial charge in [0.25, 0.3) is 0 Å². The van der Waals surface area contributed by atoms with Crippen molar-refractivity contribution in [3.8, 4) is 0 Å². The van der Waals surface area contributed by atoms with Crippen molar-refractivity contribution in [2.24, 2.45) is 0 Å². The minimum Gasteiger partial charge on any atom is -0.325 e. The van der Waals surface area contributed by atoms with E-state index in [0.717, 1.165) is 10.7 Å². The lowest BCUT2D eigenvalue weighted by Crippen LogP contribution is -2.18. The Bertz CT molecular complexity index is 570. The highest BCUT2D eigenvalue weighted by Crippen LogP contribution is 2.22. The molecule has 2 aromatic rings. The zero-order valence-corrected chi connectivity index (χ0v) is 11.8. The number of thiazole rings is 1. The number of hydrogen-bond acceptors (Lipinski definition) is 3. The topological polar surface area (TPSA) is 42.0 Å². The molecule has 3 nitrogen and oxygen atoms in total. The molecule has 0 bridgehead atoms. The molecule has 6 heteroatoms. The third kappa shape index (κ3) is 3.52. The lowest BCUT2D eigenvalue weighted by atomic mass is 10.1. The van der Waals surface area contributed by atoms with E-state index in [1.165, 1.54) is 35.6 Å². The molecular weight excluding hydrogens is 287 g/mol. The van der Waals surface area contributed by atoms with Crippen LogP contribution >= 0.6 is 22.9 Å². The van der Waals surface area contributed by atoms with Gasteiger partial charge in [0.05, 0.1) is 17.5 Å². The maximum Gasteiger partial charge on any atom is 0.234 e. The minimum absolute atomic E-state index is 0.179. The number of nitrogens with one attached hydrogen (secondary N) is 1. The summed E-state index contributed by atoms with van der Waals surface area (Å²) in [4.78, 5) is 16.3. The van der Waals surface area contributed by atoms with Crippen LogP contribution in [0.25, 0.3) is 0 Å². The second kappa shape index (κ2) is 6.12. The van der Waals surface area contributed by atoms with Gasteiger partial charge in [0.15, 0.2) is 0 Å². The van der Waals surface area contributed by atoms with E-state index in [2.05, 4.69) is 10.3 Å². The lowest BCUT2D eigenvalue weighted by molar-refractivity contribution is -0.117. The highest BCUT2D eigenvalue weighted by molar-refractivity contribution is 7.09. The smallest absolute Gasteiger partial charge is 0.234 e. The van der Waals surface area contributed by atoms with Gasteiger partial charge in [-0.1, -0.05) is 0 Å². The van der Waals surface area contributed by atoms with E-state index < -0.39 is 0 Å². The average molecular weight is 299 g/mol. The number of carbonyl (C=O) groups is 1. The highest BCUT2D eigenvalue weighted by Gasteiger charge is 2.18. The summed E-state index contributed by atoms with van der Waals surface area (Å²) < 4.78 is 12.8. The fourth-order valence-corrected chi connectivity index (χ4v) is 2.58. The van der Waals surface area contributed by atoms with Crippen LogP contribution in [0.3, 0.4) is 0 Å². The van der Waals surface area contributed by atoms with Gasteiger partial charge in [0, 0.05) is 11.1 Å². The monoisotopic (exact) mass is 298 g/mol. The largest absolute Gasteiger partial charge is 0.325 e. The van der Waals surface area contributed by atoms with Gasteiger partial charge in [-0.05, 0) is 31.2 Å². The Morgan fingerprint density at radius 3 is 2.74 bits per heavy atom. The molecular formula is C13H12ClFN2OS. The van der Waals surface area contributed by atoms with Crippen LogP contribution in [0.5, 0.6) is 0 Å². The number of aromatic nitrogens is 1. The summed E-state index contributed by atoms with van der Waals surface area (Å²) in [5.74, 6) is -0.546. The molecule has 0 aliphatic rings. The number of amides is 1. The van der Waals surface area contributed by atoms with E-state index in [-0.39, 0.29) is 17.6 Å². The van der Waals surface area contributed by atoms with E-state index in [1.54, 1.807) is 6.92 Å². The molecule has 19 heavy (non-hydrogen) atoms. The molecule has 0 radical (unpaired) electrons. The van der Waals surface area contributed by atoms with Crippen LogP contribution in [0.4, 0.5) is 10.1 Å². The fourth-order valence-electron chi connectivity index (χ4n) is 1.48. The van der Waals surface area contributed by atoms with Gasteiger partial charge >= 0.3 is 0 Å². The SMILES string of the molecule is CC(C(=O)Nc1ccc(F)cc1)c1nc(CCl)cs1. The van der Waals surface area contributed by atoms with Crippen LogP contribution in [0.2, 0.25) is 0 Å².